The number of carboxylic acids is 1. The Bertz CT molecular complexity index is 609. The smallest absolute Gasteiger partial charge is 0.357 e. The number of aromatic carboxylic acids is 1. The lowest BCUT2D eigenvalue weighted by Crippen LogP contribution is -2.04. The van der Waals surface area contributed by atoms with Crippen molar-refractivity contribution in [2.24, 2.45) is 0 Å². The molecule has 2 aromatic rings. The lowest BCUT2D eigenvalue weighted by molar-refractivity contribution is -0.384. The minimum atomic E-state index is -1.09. The Balaban J connectivity index is 2.04. The van der Waals surface area contributed by atoms with E-state index in [9.17, 15) is 14.9 Å². The minimum Gasteiger partial charge on any atom is -0.476 e. The molecule has 1 heterocycles. The molecule has 0 atom stereocenters. The van der Waals surface area contributed by atoms with Crippen LogP contribution in [0.4, 0.5) is 10.7 Å². The van der Waals surface area contributed by atoms with Gasteiger partial charge in [-0.1, -0.05) is 12.1 Å². The van der Waals surface area contributed by atoms with Crippen LogP contribution >= 0.6 is 11.3 Å². The normalized spacial score (nSPS) is 10.1. The molecule has 1 aromatic carbocycles. The van der Waals surface area contributed by atoms with Crippen LogP contribution in [-0.4, -0.2) is 21.0 Å². The Hall–Kier alpha value is -2.48. The van der Waals surface area contributed by atoms with Crippen molar-refractivity contribution in [2.45, 2.75) is 6.54 Å². The molecular formula is C11H9N3O4S. The lowest BCUT2D eigenvalue weighted by Gasteiger charge is -2.04. The lowest BCUT2D eigenvalue weighted by atomic mass is 10.2. The van der Waals surface area contributed by atoms with E-state index in [2.05, 4.69) is 10.3 Å². The van der Waals surface area contributed by atoms with Crippen LogP contribution in [0.5, 0.6) is 0 Å². The zero-order valence-corrected chi connectivity index (χ0v) is 10.4. The van der Waals surface area contributed by atoms with Crippen molar-refractivity contribution in [2.75, 3.05) is 5.32 Å². The molecule has 0 aliphatic carbocycles. The summed E-state index contributed by atoms with van der Waals surface area (Å²) < 4.78 is 0. The number of nitrogens with zero attached hydrogens (tertiary/aromatic N) is 2. The predicted octanol–water partition coefficient (Wildman–Crippen LogP) is 2.36. The first-order valence-electron chi connectivity index (χ1n) is 5.22. The van der Waals surface area contributed by atoms with Crippen molar-refractivity contribution in [3.05, 3.63) is 51.1 Å². The van der Waals surface area contributed by atoms with Gasteiger partial charge in [0.1, 0.15) is 5.00 Å². The summed E-state index contributed by atoms with van der Waals surface area (Å²) in [5, 5.41) is 22.8. The first-order valence-corrected chi connectivity index (χ1v) is 6.10. The van der Waals surface area contributed by atoms with Gasteiger partial charge in [-0.15, -0.1) is 11.3 Å². The fraction of sp³-hybridized carbons (Fsp3) is 0.0909. The highest BCUT2D eigenvalue weighted by Crippen LogP contribution is 2.21. The van der Waals surface area contributed by atoms with E-state index in [4.69, 9.17) is 5.11 Å². The molecule has 0 radical (unpaired) electrons. The Morgan fingerprint density at radius 3 is 2.68 bits per heavy atom. The average Bonchev–Trinajstić information content (AvgIpc) is 2.85. The van der Waals surface area contributed by atoms with Gasteiger partial charge in [0.15, 0.2) is 5.69 Å². The summed E-state index contributed by atoms with van der Waals surface area (Å²) in [6.45, 7) is 0.375. The summed E-state index contributed by atoms with van der Waals surface area (Å²) in [4.78, 5) is 24.6. The summed E-state index contributed by atoms with van der Waals surface area (Å²) in [7, 11) is 0. The van der Waals surface area contributed by atoms with Crippen LogP contribution < -0.4 is 5.32 Å². The van der Waals surface area contributed by atoms with Crippen LogP contribution in [0.15, 0.2) is 29.8 Å². The first kappa shape index (κ1) is 13.0. The summed E-state index contributed by atoms with van der Waals surface area (Å²) in [5.41, 5.74) is 2.26. The Labute approximate surface area is 111 Å². The zero-order chi connectivity index (χ0) is 13.8. The summed E-state index contributed by atoms with van der Waals surface area (Å²) in [6, 6.07) is 6.04. The Kier molecular flexibility index (Phi) is 3.71. The van der Waals surface area contributed by atoms with Crippen molar-refractivity contribution in [1.29, 1.82) is 0 Å². The monoisotopic (exact) mass is 279 g/mol. The SMILES string of the molecule is O=C(O)c1ncsc1NCc1ccc([N+](=O)[O-])cc1. The highest BCUT2D eigenvalue weighted by Gasteiger charge is 2.13. The second kappa shape index (κ2) is 5.44. The third kappa shape index (κ3) is 3.05. The number of nitro benzene ring substituents is 1. The maximum Gasteiger partial charge on any atom is 0.357 e. The highest BCUT2D eigenvalue weighted by atomic mass is 32.1. The third-order valence-corrected chi connectivity index (χ3v) is 3.15. The molecule has 0 aliphatic heterocycles. The van der Waals surface area contributed by atoms with E-state index >= 15 is 0 Å². The number of non-ortho nitro benzene ring substituents is 1. The summed E-state index contributed by atoms with van der Waals surface area (Å²) >= 11 is 1.19. The summed E-state index contributed by atoms with van der Waals surface area (Å²) in [6.07, 6.45) is 0. The van der Waals surface area contributed by atoms with Crippen LogP contribution in [0.2, 0.25) is 0 Å². The van der Waals surface area contributed by atoms with Crippen molar-refractivity contribution in [3.8, 4) is 0 Å². The van der Waals surface area contributed by atoms with Gasteiger partial charge in [0, 0.05) is 18.7 Å². The molecule has 0 spiro atoms. The zero-order valence-electron chi connectivity index (χ0n) is 9.57. The second-order valence-electron chi connectivity index (χ2n) is 3.61. The number of hydrogen-bond acceptors (Lipinski definition) is 6. The molecule has 19 heavy (non-hydrogen) atoms. The van der Waals surface area contributed by atoms with Crippen molar-refractivity contribution >= 4 is 28.0 Å². The number of carbonyl (C=O) groups is 1. The number of thiazole rings is 1. The highest BCUT2D eigenvalue weighted by molar-refractivity contribution is 7.14. The maximum atomic E-state index is 10.8. The average molecular weight is 279 g/mol. The first-order chi connectivity index (χ1) is 9.08. The predicted molar refractivity (Wildman–Crippen MR) is 69.5 cm³/mol. The molecule has 0 saturated heterocycles. The van der Waals surface area contributed by atoms with Crippen molar-refractivity contribution in [3.63, 3.8) is 0 Å². The number of anilines is 1. The largest absolute Gasteiger partial charge is 0.476 e. The third-order valence-electron chi connectivity index (χ3n) is 2.37. The van der Waals surface area contributed by atoms with Crippen LogP contribution in [0.3, 0.4) is 0 Å². The number of hydrogen-bond donors (Lipinski definition) is 2. The quantitative estimate of drug-likeness (QED) is 0.643. The molecule has 0 bridgehead atoms. The molecule has 0 fully saturated rings. The number of rotatable bonds is 5. The fourth-order valence-corrected chi connectivity index (χ4v) is 2.11. The van der Waals surface area contributed by atoms with E-state index in [1.807, 2.05) is 0 Å². The number of benzene rings is 1. The van der Waals surface area contributed by atoms with Gasteiger partial charge in [-0.2, -0.15) is 0 Å². The van der Waals surface area contributed by atoms with Gasteiger partial charge in [-0.3, -0.25) is 10.1 Å². The molecule has 0 unspecified atom stereocenters. The van der Waals surface area contributed by atoms with E-state index in [0.29, 0.717) is 11.5 Å². The Morgan fingerprint density at radius 2 is 2.11 bits per heavy atom. The molecule has 8 heteroatoms. The van der Waals surface area contributed by atoms with Gasteiger partial charge < -0.3 is 10.4 Å². The van der Waals surface area contributed by atoms with Gasteiger partial charge in [-0.25, -0.2) is 9.78 Å². The van der Waals surface area contributed by atoms with Gasteiger partial charge in [0.25, 0.3) is 5.69 Å². The molecule has 0 aliphatic rings. The molecule has 2 N–H and O–H groups in total. The van der Waals surface area contributed by atoms with E-state index in [1.54, 1.807) is 12.1 Å². The molecule has 2 rings (SSSR count). The van der Waals surface area contributed by atoms with Crippen molar-refractivity contribution in [1.82, 2.24) is 4.98 Å². The van der Waals surface area contributed by atoms with Gasteiger partial charge >= 0.3 is 5.97 Å². The van der Waals surface area contributed by atoms with Crippen LogP contribution in [0.1, 0.15) is 16.1 Å². The van der Waals surface area contributed by atoms with Gasteiger partial charge in [0.2, 0.25) is 0 Å². The van der Waals surface area contributed by atoms with E-state index < -0.39 is 10.9 Å². The number of nitro groups is 1. The Morgan fingerprint density at radius 1 is 1.42 bits per heavy atom. The van der Waals surface area contributed by atoms with E-state index in [0.717, 1.165) is 5.56 Å². The molecule has 0 amide bonds. The number of carboxylic acid groups (broad SMARTS) is 1. The number of nitrogens with one attached hydrogen (secondary N) is 1. The summed E-state index contributed by atoms with van der Waals surface area (Å²) in [5.74, 6) is -1.09. The minimum absolute atomic E-state index is 0.0211. The van der Waals surface area contributed by atoms with Gasteiger partial charge in [0.05, 0.1) is 10.4 Å². The van der Waals surface area contributed by atoms with Crippen LogP contribution in [-0.2, 0) is 6.54 Å². The standard InChI is InChI=1S/C11H9N3O4S/c15-11(16)9-10(19-6-13-9)12-5-7-1-3-8(4-2-7)14(17)18/h1-4,6,12H,5H2,(H,15,16). The molecule has 0 saturated carbocycles. The second-order valence-corrected chi connectivity index (χ2v) is 4.47. The molecule has 1 aromatic heterocycles. The van der Waals surface area contributed by atoms with E-state index in [1.165, 1.54) is 29.0 Å². The number of aromatic nitrogens is 1. The van der Waals surface area contributed by atoms with Gasteiger partial charge in [-0.05, 0) is 5.56 Å². The maximum absolute atomic E-state index is 10.8. The topological polar surface area (TPSA) is 105 Å². The van der Waals surface area contributed by atoms with E-state index in [-0.39, 0.29) is 11.4 Å². The molecule has 7 nitrogen and oxygen atoms in total. The fourth-order valence-electron chi connectivity index (χ4n) is 1.44. The van der Waals surface area contributed by atoms with Crippen LogP contribution in [0, 0.1) is 10.1 Å². The molecule has 98 valence electrons. The van der Waals surface area contributed by atoms with Crippen molar-refractivity contribution < 1.29 is 14.8 Å². The molecular weight excluding hydrogens is 270 g/mol. The van der Waals surface area contributed by atoms with Crippen LogP contribution in [0.25, 0.3) is 0 Å².